The van der Waals surface area contributed by atoms with E-state index in [1.807, 2.05) is 13.8 Å². The molecule has 2 amide bonds. The van der Waals surface area contributed by atoms with Crippen LogP contribution in [0.5, 0.6) is 0 Å². The number of nitrogens with one attached hydrogen (secondary N) is 2. The third kappa shape index (κ3) is 5.76. The van der Waals surface area contributed by atoms with Crippen LogP contribution < -0.4 is 16.4 Å². The van der Waals surface area contributed by atoms with Crippen molar-refractivity contribution in [3.8, 4) is 11.3 Å². The number of amides is 2. The smallest absolute Gasteiger partial charge is 0.245 e. The van der Waals surface area contributed by atoms with Gasteiger partial charge >= 0.3 is 0 Å². The van der Waals surface area contributed by atoms with Crippen molar-refractivity contribution in [2.45, 2.75) is 26.8 Å². The first-order chi connectivity index (χ1) is 11.8. The van der Waals surface area contributed by atoms with E-state index in [2.05, 4.69) is 15.6 Å². The number of nitrogens with zero attached hydrogens (tertiary/aromatic N) is 1. The molecule has 0 aliphatic carbocycles. The van der Waals surface area contributed by atoms with E-state index in [1.54, 1.807) is 24.4 Å². The van der Waals surface area contributed by atoms with Crippen LogP contribution in [0.1, 0.15) is 19.4 Å². The molecule has 6 nitrogen and oxygen atoms in total. The molecule has 4 N–H and O–H groups in total. The number of aryl methyl sites for hydroxylation is 1. The third-order valence-electron chi connectivity index (χ3n) is 3.65. The molecule has 26 heavy (non-hydrogen) atoms. The lowest BCUT2D eigenvalue weighted by atomic mass is 10.1. The molecule has 0 aliphatic rings. The van der Waals surface area contributed by atoms with Gasteiger partial charge in [0.1, 0.15) is 5.82 Å². The Kier molecular flexibility index (Phi) is 8.13. The van der Waals surface area contributed by atoms with Crippen molar-refractivity contribution < 1.29 is 14.0 Å². The van der Waals surface area contributed by atoms with E-state index in [1.165, 1.54) is 17.4 Å². The molecule has 1 aromatic heterocycles. The van der Waals surface area contributed by atoms with Crippen molar-refractivity contribution in [3.63, 3.8) is 0 Å². The maximum Gasteiger partial charge on any atom is 0.245 e. The SMILES string of the molecule is Cc1cc(-c2csc(NC(=O)CNC(=O)[C@@H](N)C(C)C)n2)ccc1F.Cl. The van der Waals surface area contributed by atoms with Gasteiger partial charge in [-0.3, -0.25) is 9.59 Å². The first kappa shape index (κ1) is 22.0. The topological polar surface area (TPSA) is 97.1 Å². The number of thiazole rings is 1. The fraction of sp³-hybridized carbons (Fsp3) is 0.353. The molecule has 1 atom stereocenters. The summed E-state index contributed by atoms with van der Waals surface area (Å²) in [5.41, 5.74) is 7.65. The number of aromatic nitrogens is 1. The van der Waals surface area contributed by atoms with Gasteiger partial charge in [-0.2, -0.15) is 0 Å². The van der Waals surface area contributed by atoms with Gasteiger partial charge in [0.05, 0.1) is 18.3 Å². The van der Waals surface area contributed by atoms with Gasteiger partial charge in [0, 0.05) is 10.9 Å². The summed E-state index contributed by atoms with van der Waals surface area (Å²) < 4.78 is 13.3. The number of carbonyl (C=O) groups excluding carboxylic acids is 2. The van der Waals surface area contributed by atoms with E-state index >= 15 is 0 Å². The summed E-state index contributed by atoms with van der Waals surface area (Å²) in [5.74, 6) is -1.04. The molecule has 0 bridgehead atoms. The normalized spacial score (nSPS) is 11.6. The molecule has 1 heterocycles. The first-order valence-corrected chi connectivity index (χ1v) is 8.71. The highest BCUT2D eigenvalue weighted by atomic mass is 35.5. The minimum absolute atomic E-state index is 0. The van der Waals surface area contributed by atoms with Crippen LogP contribution in [-0.4, -0.2) is 29.4 Å². The minimum Gasteiger partial charge on any atom is -0.346 e. The summed E-state index contributed by atoms with van der Waals surface area (Å²) in [6.45, 7) is 5.17. The lowest BCUT2D eigenvalue weighted by Crippen LogP contribution is -2.46. The summed E-state index contributed by atoms with van der Waals surface area (Å²) in [7, 11) is 0. The Hall–Kier alpha value is -2.03. The molecular formula is C17H22ClFN4O2S. The van der Waals surface area contributed by atoms with Crippen molar-refractivity contribution in [2.24, 2.45) is 11.7 Å². The average Bonchev–Trinajstić information content (AvgIpc) is 3.02. The molecular weight excluding hydrogens is 379 g/mol. The highest BCUT2D eigenvalue weighted by Crippen LogP contribution is 2.26. The lowest BCUT2D eigenvalue weighted by molar-refractivity contribution is -0.125. The Morgan fingerprint density at radius 1 is 1.35 bits per heavy atom. The van der Waals surface area contributed by atoms with Crippen molar-refractivity contribution in [2.75, 3.05) is 11.9 Å². The van der Waals surface area contributed by atoms with Crippen LogP contribution in [0.4, 0.5) is 9.52 Å². The van der Waals surface area contributed by atoms with Crippen LogP contribution in [0, 0.1) is 18.7 Å². The Balaban J connectivity index is 0.00000338. The molecule has 1 aromatic carbocycles. The van der Waals surface area contributed by atoms with Gasteiger partial charge in [-0.05, 0) is 36.6 Å². The second-order valence-corrected chi connectivity index (χ2v) is 6.90. The van der Waals surface area contributed by atoms with E-state index in [0.717, 1.165) is 5.56 Å². The van der Waals surface area contributed by atoms with Crippen molar-refractivity contribution in [3.05, 3.63) is 35.0 Å². The highest BCUT2D eigenvalue weighted by molar-refractivity contribution is 7.14. The van der Waals surface area contributed by atoms with Gasteiger partial charge in [0.15, 0.2) is 5.13 Å². The maximum absolute atomic E-state index is 13.3. The van der Waals surface area contributed by atoms with Crippen molar-refractivity contribution >= 4 is 40.7 Å². The molecule has 2 aromatic rings. The number of hydrogen-bond acceptors (Lipinski definition) is 5. The monoisotopic (exact) mass is 400 g/mol. The zero-order chi connectivity index (χ0) is 18.6. The predicted octanol–water partition coefficient (Wildman–Crippen LogP) is 2.72. The number of halogens is 2. The van der Waals surface area contributed by atoms with E-state index in [4.69, 9.17) is 5.73 Å². The van der Waals surface area contributed by atoms with E-state index in [-0.39, 0.29) is 42.5 Å². The van der Waals surface area contributed by atoms with E-state index in [0.29, 0.717) is 16.4 Å². The molecule has 0 unspecified atom stereocenters. The average molecular weight is 401 g/mol. The number of benzene rings is 1. The van der Waals surface area contributed by atoms with Crippen LogP contribution in [0.25, 0.3) is 11.3 Å². The maximum atomic E-state index is 13.3. The van der Waals surface area contributed by atoms with Gasteiger partial charge < -0.3 is 16.4 Å². The van der Waals surface area contributed by atoms with Crippen molar-refractivity contribution in [1.29, 1.82) is 0 Å². The molecule has 0 radical (unpaired) electrons. The number of anilines is 1. The predicted molar refractivity (Wildman–Crippen MR) is 104 cm³/mol. The summed E-state index contributed by atoms with van der Waals surface area (Å²) in [6, 6.07) is 4.07. The second kappa shape index (κ2) is 9.61. The summed E-state index contributed by atoms with van der Waals surface area (Å²) >= 11 is 1.25. The minimum atomic E-state index is -0.652. The van der Waals surface area contributed by atoms with Gasteiger partial charge in [0.2, 0.25) is 11.8 Å². The van der Waals surface area contributed by atoms with Crippen LogP contribution in [-0.2, 0) is 9.59 Å². The standard InChI is InChI=1S/C17H21FN4O2S.ClH/c1-9(2)15(19)16(24)20-7-14(23)22-17-21-13(8-25-17)11-4-5-12(18)10(3)6-11;/h4-6,8-9,15H,7,19H2,1-3H3,(H,20,24)(H,21,22,23);1H/t15-;/m0./s1. The summed E-state index contributed by atoms with van der Waals surface area (Å²) in [6.07, 6.45) is 0. The fourth-order valence-electron chi connectivity index (χ4n) is 2.02. The van der Waals surface area contributed by atoms with Crippen LogP contribution in [0.3, 0.4) is 0 Å². The van der Waals surface area contributed by atoms with Gasteiger partial charge in [-0.1, -0.05) is 13.8 Å². The lowest BCUT2D eigenvalue weighted by Gasteiger charge is -2.14. The van der Waals surface area contributed by atoms with Crippen LogP contribution in [0.2, 0.25) is 0 Å². The van der Waals surface area contributed by atoms with E-state index < -0.39 is 6.04 Å². The quantitative estimate of drug-likeness (QED) is 0.694. The molecule has 9 heteroatoms. The zero-order valence-corrected chi connectivity index (χ0v) is 16.3. The zero-order valence-electron chi connectivity index (χ0n) is 14.7. The molecule has 0 saturated heterocycles. The van der Waals surface area contributed by atoms with Gasteiger partial charge in [0.25, 0.3) is 0 Å². The van der Waals surface area contributed by atoms with Crippen molar-refractivity contribution in [1.82, 2.24) is 10.3 Å². The fourth-order valence-corrected chi connectivity index (χ4v) is 2.76. The molecule has 142 valence electrons. The molecule has 2 rings (SSSR count). The highest BCUT2D eigenvalue weighted by Gasteiger charge is 2.18. The largest absolute Gasteiger partial charge is 0.346 e. The Labute approximate surface area is 161 Å². The van der Waals surface area contributed by atoms with E-state index in [9.17, 15) is 14.0 Å². The Morgan fingerprint density at radius 2 is 2.04 bits per heavy atom. The summed E-state index contributed by atoms with van der Waals surface area (Å²) in [5, 5.41) is 7.30. The second-order valence-electron chi connectivity index (χ2n) is 6.04. The van der Waals surface area contributed by atoms with Crippen LogP contribution in [0.15, 0.2) is 23.6 Å². The molecule has 0 spiro atoms. The summed E-state index contributed by atoms with van der Waals surface area (Å²) in [4.78, 5) is 27.9. The number of rotatable bonds is 6. The molecule has 0 aliphatic heterocycles. The number of nitrogens with two attached hydrogens (primary N) is 1. The Morgan fingerprint density at radius 3 is 2.65 bits per heavy atom. The molecule has 0 fully saturated rings. The molecule has 0 saturated carbocycles. The number of hydrogen-bond donors (Lipinski definition) is 3. The first-order valence-electron chi connectivity index (χ1n) is 7.83. The van der Waals surface area contributed by atoms with Gasteiger partial charge in [-0.25, -0.2) is 9.37 Å². The third-order valence-corrected chi connectivity index (χ3v) is 4.41. The van der Waals surface area contributed by atoms with Gasteiger partial charge in [-0.15, -0.1) is 23.7 Å². The van der Waals surface area contributed by atoms with Crippen LogP contribution >= 0.6 is 23.7 Å². The number of carbonyl (C=O) groups is 2. The Bertz CT molecular complexity index is 782.